The number of rotatable bonds is 9. The van der Waals surface area contributed by atoms with Crippen molar-refractivity contribution in [2.24, 2.45) is 0 Å². The van der Waals surface area contributed by atoms with E-state index >= 15 is 0 Å². The molecule has 0 aromatic heterocycles. The van der Waals surface area contributed by atoms with Crippen LogP contribution in [0.1, 0.15) is 51.4 Å². The minimum atomic E-state index is -4.00. The molecule has 0 heterocycles. The third kappa shape index (κ3) is 16.9. The largest absolute Gasteiger partial charge is 0.389 e. The lowest BCUT2D eigenvalue weighted by molar-refractivity contribution is -0.135. The highest BCUT2D eigenvalue weighted by molar-refractivity contribution is 7.64. The molecule has 0 aliphatic carbocycles. The van der Waals surface area contributed by atoms with Crippen LogP contribution in [0.5, 0.6) is 0 Å². The molecule has 17 heavy (non-hydrogen) atoms. The zero-order valence-electron chi connectivity index (χ0n) is 9.63. The average Bonchev–Trinajstić information content (AvgIpc) is 2.11. The summed E-state index contributed by atoms with van der Waals surface area (Å²) in [7, 11) is 0. The van der Waals surface area contributed by atoms with Crippen molar-refractivity contribution in [3.63, 3.8) is 0 Å². The summed E-state index contributed by atoms with van der Waals surface area (Å²) in [6.45, 7) is 0. The summed E-state index contributed by atoms with van der Waals surface area (Å²) in [4.78, 5) is 0. The molecule has 0 amide bonds. The van der Waals surface area contributed by atoms with Gasteiger partial charge in [0.25, 0.3) is 0 Å². The second kappa shape index (κ2) is 8.89. The van der Waals surface area contributed by atoms with Crippen molar-refractivity contribution in [1.29, 1.82) is 0 Å². The standard InChI is InChI=1S/C10H18Cl3F3Si/c11-17(12,13)9-7-5-3-1-2-4-6-8-10(14,15)16/h1-9H2. The summed E-state index contributed by atoms with van der Waals surface area (Å²) in [5, 5.41) is 0. The van der Waals surface area contributed by atoms with Gasteiger partial charge in [0.2, 0.25) is 0 Å². The fraction of sp³-hybridized carbons (Fsp3) is 1.00. The van der Waals surface area contributed by atoms with Crippen LogP contribution in [0.15, 0.2) is 0 Å². The molecular formula is C10H18Cl3F3Si. The summed E-state index contributed by atoms with van der Waals surface area (Å²) in [6.07, 6.45) is 0.983. The SMILES string of the molecule is FC(F)(F)CCCCCCCCC[Si](Cl)(Cl)Cl. The molecule has 0 saturated carbocycles. The van der Waals surface area contributed by atoms with Crippen LogP contribution in [0.2, 0.25) is 6.04 Å². The molecule has 0 nitrogen and oxygen atoms in total. The van der Waals surface area contributed by atoms with Crippen LogP contribution in [0.3, 0.4) is 0 Å². The fourth-order valence-electron chi connectivity index (χ4n) is 1.53. The number of halogens is 6. The zero-order chi connectivity index (χ0) is 13.4. The van der Waals surface area contributed by atoms with E-state index in [1.807, 2.05) is 0 Å². The highest BCUT2D eigenvalue weighted by Gasteiger charge is 2.25. The lowest BCUT2D eigenvalue weighted by Crippen LogP contribution is -2.07. The molecule has 0 bridgehead atoms. The molecule has 0 aliphatic rings. The molecule has 0 aliphatic heterocycles. The maximum atomic E-state index is 11.8. The lowest BCUT2D eigenvalue weighted by atomic mass is 10.1. The molecule has 7 heteroatoms. The highest BCUT2D eigenvalue weighted by Crippen LogP contribution is 2.28. The maximum absolute atomic E-state index is 11.8. The average molecular weight is 330 g/mol. The van der Waals surface area contributed by atoms with Gasteiger partial charge < -0.3 is 0 Å². The van der Waals surface area contributed by atoms with E-state index in [1.165, 1.54) is 0 Å². The number of hydrogen-bond acceptors (Lipinski definition) is 0. The molecule has 0 fully saturated rings. The van der Waals surface area contributed by atoms with Gasteiger partial charge in [-0.3, -0.25) is 0 Å². The summed E-state index contributed by atoms with van der Waals surface area (Å²) in [5.74, 6) is 0. The van der Waals surface area contributed by atoms with Crippen molar-refractivity contribution < 1.29 is 13.2 Å². The monoisotopic (exact) mass is 328 g/mol. The maximum Gasteiger partial charge on any atom is 0.389 e. The van der Waals surface area contributed by atoms with Crippen LogP contribution >= 0.6 is 33.2 Å². The Morgan fingerprint density at radius 1 is 0.706 bits per heavy atom. The Hall–Kier alpha value is 0.877. The Kier molecular flexibility index (Phi) is 9.35. The molecule has 0 saturated heterocycles. The second-order valence-electron chi connectivity index (χ2n) is 4.21. The summed E-state index contributed by atoms with van der Waals surface area (Å²) in [5.41, 5.74) is 0. The van der Waals surface area contributed by atoms with Gasteiger partial charge in [0.1, 0.15) is 0 Å². The van der Waals surface area contributed by atoms with Crippen LogP contribution < -0.4 is 0 Å². The minimum absolute atomic E-state index is 0.241. The predicted molar refractivity (Wildman–Crippen MR) is 71.1 cm³/mol. The molecule has 0 atom stereocenters. The molecule has 0 aromatic rings. The summed E-state index contributed by atoms with van der Waals surface area (Å²) < 4.78 is 35.4. The van der Waals surface area contributed by atoms with Crippen molar-refractivity contribution >= 4 is 39.2 Å². The minimum Gasteiger partial charge on any atom is -0.171 e. The first-order chi connectivity index (χ1) is 7.71. The van der Waals surface area contributed by atoms with E-state index in [9.17, 15) is 13.2 Å². The summed E-state index contributed by atoms with van der Waals surface area (Å²) in [6, 6.07) is -1.80. The predicted octanol–water partition coefficient (Wildman–Crippen LogP) is 6.32. The van der Waals surface area contributed by atoms with E-state index in [-0.39, 0.29) is 6.42 Å². The topological polar surface area (TPSA) is 0 Å². The first kappa shape index (κ1) is 17.9. The number of hydrogen-bond donors (Lipinski definition) is 0. The highest BCUT2D eigenvalue weighted by atomic mass is 35.8. The Balaban J connectivity index is 3.15. The zero-order valence-corrected chi connectivity index (χ0v) is 12.9. The van der Waals surface area contributed by atoms with E-state index in [1.54, 1.807) is 0 Å². The third-order valence-electron chi connectivity index (χ3n) is 2.42. The Morgan fingerprint density at radius 2 is 1.12 bits per heavy atom. The van der Waals surface area contributed by atoms with Crippen LogP contribution in [-0.4, -0.2) is 12.2 Å². The van der Waals surface area contributed by atoms with E-state index < -0.39 is 18.6 Å². The fourth-order valence-corrected chi connectivity index (χ4v) is 3.39. The Bertz CT molecular complexity index is 172. The van der Waals surface area contributed by atoms with Crippen molar-refractivity contribution in [2.75, 3.05) is 0 Å². The van der Waals surface area contributed by atoms with Gasteiger partial charge in [-0.1, -0.05) is 38.5 Å². The molecule has 104 valence electrons. The van der Waals surface area contributed by atoms with Gasteiger partial charge in [-0.05, 0) is 12.5 Å². The molecule has 0 unspecified atom stereocenters. The number of alkyl halides is 3. The smallest absolute Gasteiger partial charge is 0.171 e. The Morgan fingerprint density at radius 3 is 1.53 bits per heavy atom. The molecule has 0 aromatic carbocycles. The van der Waals surface area contributed by atoms with Crippen molar-refractivity contribution in [2.45, 2.75) is 63.6 Å². The van der Waals surface area contributed by atoms with Crippen molar-refractivity contribution in [3.05, 3.63) is 0 Å². The molecule has 0 rings (SSSR count). The molecule has 0 radical (unpaired) electrons. The van der Waals surface area contributed by atoms with Crippen molar-refractivity contribution in [1.82, 2.24) is 0 Å². The van der Waals surface area contributed by atoms with Gasteiger partial charge in [0.05, 0.1) is 0 Å². The quantitative estimate of drug-likeness (QED) is 0.263. The van der Waals surface area contributed by atoms with E-state index in [2.05, 4.69) is 0 Å². The Labute approximate surface area is 116 Å². The van der Waals surface area contributed by atoms with Gasteiger partial charge in [-0.15, -0.1) is 33.2 Å². The second-order valence-corrected chi connectivity index (χ2v) is 13.5. The van der Waals surface area contributed by atoms with Gasteiger partial charge in [-0.2, -0.15) is 13.2 Å². The normalized spacial score (nSPS) is 13.1. The van der Waals surface area contributed by atoms with Gasteiger partial charge in [-0.25, -0.2) is 0 Å². The van der Waals surface area contributed by atoms with Crippen LogP contribution in [-0.2, 0) is 0 Å². The first-order valence-electron chi connectivity index (χ1n) is 5.84. The molecule has 0 spiro atoms. The van der Waals surface area contributed by atoms with E-state index in [0.717, 1.165) is 32.1 Å². The van der Waals surface area contributed by atoms with E-state index in [4.69, 9.17) is 33.2 Å². The number of unbranched alkanes of at least 4 members (excludes halogenated alkanes) is 6. The van der Waals surface area contributed by atoms with Crippen LogP contribution in [0.4, 0.5) is 13.2 Å². The van der Waals surface area contributed by atoms with Crippen LogP contribution in [0, 0.1) is 0 Å². The van der Waals surface area contributed by atoms with Gasteiger partial charge >= 0.3 is 12.2 Å². The lowest BCUT2D eigenvalue weighted by Gasteiger charge is -2.07. The van der Waals surface area contributed by atoms with E-state index in [0.29, 0.717) is 12.5 Å². The molecule has 0 N–H and O–H groups in total. The summed E-state index contributed by atoms with van der Waals surface area (Å²) >= 11 is 17.2. The van der Waals surface area contributed by atoms with Gasteiger partial charge in [0.15, 0.2) is 0 Å². The third-order valence-corrected chi connectivity index (χ3v) is 5.04. The first-order valence-corrected chi connectivity index (χ1v) is 11.1. The van der Waals surface area contributed by atoms with Gasteiger partial charge in [0, 0.05) is 6.42 Å². The molecular weight excluding hydrogens is 312 g/mol. The van der Waals surface area contributed by atoms with Crippen molar-refractivity contribution in [3.8, 4) is 0 Å². The van der Waals surface area contributed by atoms with Crippen LogP contribution in [0.25, 0.3) is 0 Å².